The second kappa shape index (κ2) is 3.90. The Bertz CT molecular complexity index is 488. The molecule has 0 aliphatic rings. The lowest BCUT2D eigenvalue weighted by Gasteiger charge is -1.98. The molecule has 0 amide bonds. The largest absolute Gasteiger partial charge is 0.288 e. The standard InChI is InChI=1S/C11H10N2OS/c1-7-3-4-9(5-12-7)10(14)11-8(2)13-6-15-11/h3-6H,1-2H3. The number of carbonyl (C=O) groups excluding carboxylic acids is 1. The van der Waals surface area contributed by atoms with Gasteiger partial charge in [0.2, 0.25) is 5.78 Å². The van der Waals surface area contributed by atoms with Gasteiger partial charge in [0.15, 0.2) is 0 Å². The van der Waals surface area contributed by atoms with Gasteiger partial charge < -0.3 is 0 Å². The summed E-state index contributed by atoms with van der Waals surface area (Å²) in [5.74, 6) is 0.00231. The molecule has 0 atom stereocenters. The predicted octanol–water partition coefficient (Wildman–Crippen LogP) is 2.39. The van der Waals surface area contributed by atoms with Crippen LogP contribution < -0.4 is 0 Å². The van der Waals surface area contributed by atoms with Crippen LogP contribution in [0.25, 0.3) is 0 Å². The van der Waals surface area contributed by atoms with E-state index in [9.17, 15) is 4.79 Å². The van der Waals surface area contributed by atoms with Crippen LogP contribution in [-0.2, 0) is 0 Å². The molecule has 2 aromatic heterocycles. The van der Waals surface area contributed by atoms with Crippen molar-refractivity contribution >= 4 is 17.1 Å². The van der Waals surface area contributed by atoms with E-state index in [0.29, 0.717) is 10.4 Å². The van der Waals surface area contributed by atoms with Crippen molar-refractivity contribution in [1.29, 1.82) is 0 Å². The van der Waals surface area contributed by atoms with Crippen molar-refractivity contribution in [2.75, 3.05) is 0 Å². The molecule has 0 aliphatic heterocycles. The van der Waals surface area contributed by atoms with Crippen molar-refractivity contribution in [3.63, 3.8) is 0 Å². The van der Waals surface area contributed by atoms with E-state index in [-0.39, 0.29) is 5.78 Å². The summed E-state index contributed by atoms with van der Waals surface area (Å²) in [6.07, 6.45) is 1.61. The molecule has 3 nitrogen and oxygen atoms in total. The number of carbonyl (C=O) groups is 1. The Morgan fingerprint density at radius 2 is 2.07 bits per heavy atom. The lowest BCUT2D eigenvalue weighted by molar-refractivity contribution is 0.104. The van der Waals surface area contributed by atoms with Crippen LogP contribution in [0, 0.1) is 13.8 Å². The van der Waals surface area contributed by atoms with Gasteiger partial charge in [0.1, 0.15) is 0 Å². The lowest BCUT2D eigenvalue weighted by atomic mass is 10.1. The van der Waals surface area contributed by atoms with Crippen molar-refractivity contribution in [3.05, 3.63) is 45.7 Å². The monoisotopic (exact) mass is 218 g/mol. The minimum atomic E-state index is 0.00231. The number of hydrogen-bond donors (Lipinski definition) is 0. The minimum Gasteiger partial charge on any atom is -0.288 e. The van der Waals surface area contributed by atoms with Gasteiger partial charge in [-0.3, -0.25) is 9.78 Å². The van der Waals surface area contributed by atoms with Gasteiger partial charge in [-0.15, -0.1) is 11.3 Å². The van der Waals surface area contributed by atoms with Crippen molar-refractivity contribution in [3.8, 4) is 0 Å². The Kier molecular flexibility index (Phi) is 2.60. The lowest BCUT2D eigenvalue weighted by Crippen LogP contribution is -2.01. The fraction of sp³-hybridized carbons (Fsp3) is 0.182. The summed E-state index contributed by atoms with van der Waals surface area (Å²) in [6, 6.07) is 3.63. The van der Waals surface area contributed by atoms with Crippen LogP contribution in [-0.4, -0.2) is 15.8 Å². The average molecular weight is 218 g/mol. The molecule has 0 N–H and O–H groups in total. The molecule has 2 aromatic rings. The maximum absolute atomic E-state index is 12.0. The van der Waals surface area contributed by atoms with Crippen LogP contribution in [0.3, 0.4) is 0 Å². The van der Waals surface area contributed by atoms with E-state index < -0.39 is 0 Å². The first-order valence-corrected chi connectivity index (χ1v) is 5.44. The summed E-state index contributed by atoms with van der Waals surface area (Å²) in [5, 5.41) is 0. The van der Waals surface area contributed by atoms with Crippen molar-refractivity contribution in [1.82, 2.24) is 9.97 Å². The number of aryl methyl sites for hydroxylation is 2. The van der Waals surface area contributed by atoms with E-state index in [0.717, 1.165) is 11.4 Å². The van der Waals surface area contributed by atoms with Crippen LogP contribution in [0.5, 0.6) is 0 Å². The van der Waals surface area contributed by atoms with Crippen LogP contribution in [0.4, 0.5) is 0 Å². The Morgan fingerprint density at radius 1 is 1.27 bits per heavy atom. The van der Waals surface area contributed by atoms with E-state index in [2.05, 4.69) is 9.97 Å². The normalized spacial score (nSPS) is 10.3. The highest BCUT2D eigenvalue weighted by molar-refractivity contribution is 7.12. The third kappa shape index (κ3) is 1.94. The molecule has 76 valence electrons. The number of aromatic nitrogens is 2. The molecule has 0 aromatic carbocycles. The van der Waals surface area contributed by atoms with Crippen molar-refractivity contribution in [2.24, 2.45) is 0 Å². The maximum atomic E-state index is 12.0. The van der Waals surface area contributed by atoms with Gasteiger partial charge in [0.25, 0.3) is 0 Å². The number of ketones is 1. The highest BCUT2D eigenvalue weighted by Gasteiger charge is 2.13. The Labute approximate surface area is 91.8 Å². The molecule has 0 radical (unpaired) electrons. The second-order valence-electron chi connectivity index (χ2n) is 3.28. The van der Waals surface area contributed by atoms with E-state index >= 15 is 0 Å². The van der Waals surface area contributed by atoms with Gasteiger partial charge in [0.05, 0.1) is 16.1 Å². The fourth-order valence-electron chi connectivity index (χ4n) is 1.25. The summed E-state index contributed by atoms with van der Waals surface area (Å²) in [6.45, 7) is 3.73. The summed E-state index contributed by atoms with van der Waals surface area (Å²) in [5.41, 5.74) is 4.00. The van der Waals surface area contributed by atoms with Gasteiger partial charge in [-0.05, 0) is 26.0 Å². The smallest absolute Gasteiger partial charge is 0.206 e. The predicted molar refractivity (Wildman–Crippen MR) is 59.3 cm³/mol. The molecule has 4 heteroatoms. The minimum absolute atomic E-state index is 0.00231. The number of pyridine rings is 1. The molecule has 0 spiro atoms. The molecule has 2 rings (SSSR count). The zero-order valence-electron chi connectivity index (χ0n) is 8.52. The van der Waals surface area contributed by atoms with Gasteiger partial charge in [-0.25, -0.2) is 4.98 Å². The molecule has 0 aliphatic carbocycles. The van der Waals surface area contributed by atoms with E-state index in [1.54, 1.807) is 17.8 Å². The SMILES string of the molecule is Cc1ccc(C(=O)c2scnc2C)cn1. The summed E-state index contributed by atoms with van der Waals surface area (Å²) in [4.78, 5) is 20.8. The zero-order chi connectivity index (χ0) is 10.8. The zero-order valence-corrected chi connectivity index (χ0v) is 9.34. The highest BCUT2D eigenvalue weighted by atomic mass is 32.1. The van der Waals surface area contributed by atoms with Crippen LogP contribution in [0.1, 0.15) is 26.6 Å². The molecular formula is C11H10N2OS. The molecule has 15 heavy (non-hydrogen) atoms. The van der Waals surface area contributed by atoms with Crippen molar-refractivity contribution in [2.45, 2.75) is 13.8 Å². The van der Waals surface area contributed by atoms with E-state index in [1.807, 2.05) is 19.9 Å². The quantitative estimate of drug-likeness (QED) is 0.727. The maximum Gasteiger partial charge on any atom is 0.206 e. The summed E-state index contributed by atoms with van der Waals surface area (Å²) in [7, 11) is 0. The summed E-state index contributed by atoms with van der Waals surface area (Å²) >= 11 is 1.37. The first-order chi connectivity index (χ1) is 7.18. The molecular weight excluding hydrogens is 208 g/mol. The van der Waals surface area contributed by atoms with Gasteiger partial charge >= 0.3 is 0 Å². The third-order valence-corrected chi connectivity index (χ3v) is 3.05. The number of nitrogens with zero attached hydrogens (tertiary/aromatic N) is 2. The average Bonchev–Trinajstić information content (AvgIpc) is 2.65. The second-order valence-corrected chi connectivity index (χ2v) is 4.14. The van der Waals surface area contributed by atoms with Crippen LogP contribution in [0.15, 0.2) is 23.8 Å². The van der Waals surface area contributed by atoms with E-state index in [1.165, 1.54) is 11.3 Å². The third-order valence-electron chi connectivity index (χ3n) is 2.13. The molecule has 0 saturated heterocycles. The van der Waals surface area contributed by atoms with Crippen molar-refractivity contribution < 1.29 is 4.79 Å². The Balaban J connectivity index is 2.37. The van der Waals surface area contributed by atoms with E-state index in [4.69, 9.17) is 0 Å². The molecule has 0 unspecified atom stereocenters. The van der Waals surface area contributed by atoms with Gasteiger partial charge in [-0.1, -0.05) is 0 Å². The first kappa shape index (κ1) is 9.98. The highest BCUT2D eigenvalue weighted by Crippen LogP contribution is 2.17. The van der Waals surface area contributed by atoms with Gasteiger partial charge in [0, 0.05) is 17.5 Å². The first-order valence-electron chi connectivity index (χ1n) is 4.56. The Hall–Kier alpha value is -1.55. The molecule has 2 heterocycles. The molecule has 0 bridgehead atoms. The number of hydrogen-bond acceptors (Lipinski definition) is 4. The number of rotatable bonds is 2. The summed E-state index contributed by atoms with van der Waals surface area (Å²) < 4.78 is 0. The number of thiazole rings is 1. The van der Waals surface area contributed by atoms with Gasteiger partial charge in [-0.2, -0.15) is 0 Å². The van der Waals surface area contributed by atoms with Crippen LogP contribution >= 0.6 is 11.3 Å². The molecule has 0 fully saturated rings. The fourth-order valence-corrected chi connectivity index (χ4v) is 2.02. The van der Waals surface area contributed by atoms with Crippen LogP contribution in [0.2, 0.25) is 0 Å². The topological polar surface area (TPSA) is 42.9 Å². The Morgan fingerprint density at radius 3 is 2.60 bits per heavy atom. The molecule has 0 saturated carbocycles.